The number of ether oxygens (including phenoxy) is 1. The Hall–Kier alpha value is -3.75. The molecule has 1 heterocycles. The molecule has 0 spiro atoms. The van der Waals surface area contributed by atoms with Gasteiger partial charge in [0.25, 0.3) is 17.7 Å². The van der Waals surface area contributed by atoms with Gasteiger partial charge < -0.3 is 15.0 Å². The van der Waals surface area contributed by atoms with Crippen molar-refractivity contribution in [2.45, 2.75) is 64.6 Å². The van der Waals surface area contributed by atoms with E-state index in [1.165, 1.54) is 30.5 Å². The third kappa shape index (κ3) is 7.67. The van der Waals surface area contributed by atoms with Gasteiger partial charge in [-0.05, 0) is 76.9 Å². The van der Waals surface area contributed by atoms with Crippen LogP contribution in [-0.4, -0.2) is 41.2 Å². The second-order valence-electron chi connectivity index (χ2n) is 10.8. The molecule has 3 N–H and O–H groups in total. The number of amides is 4. The van der Waals surface area contributed by atoms with Crippen molar-refractivity contribution in [2.24, 2.45) is 5.41 Å². The Labute approximate surface area is 242 Å². The van der Waals surface area contributed by atoms with E-state index in [-0.39, 0.29) is 23.8 Å². The van der Waals surface area contributed by atoms with Crippen LogP contribution in [-0.2, 0) is 20.9 Å². The number of benzene rings is 2. The normalized spacial score (nSPS) is 15.3. The van der Waals surface area contributed by atoms with Crippen LogP contribution in [0.2, 0.25) is 5.02 Å². The lowest BCUT2D eigenvalue weighted by Gasteiger charge is -2.27. The Bertz CT molecular complexity index is 1360. The Balaban J connectivity index is 1.97. The van der Waals surface area contributed by atoms with Crippen LogP contribution in [0.4, 0.5) is 10.5 Å². The molecule has 12 heteroatoms. The lowest BCUT2D eigenvalue weighted by atomic mass is 9.95. The molecule has 0 unspecified atom stereocenters. The van der Waals surface area contributed by atoms with Crippen LogP contribution >= 0.6 is 23.4 Å². The zero-order chi connectivity index (χ0) is 29.8. The molecule has 3 rings (SSSR count). The summed E-state index contributed by atoms with van der Waals surface area (Å²) in [6, 6.07) is 11.3. The predicted molar refractivity (Wildman–Crippen MR) is 153 cm³/mol. The van der Waals surface area contributed by atoms with Gasteiger partial charge in [-0.2, -0.15) is 5.26 Å². The zero-order valence-corrected chi connectivity index (χ0v) is 24.7. The molecule has 0 radical (unpaired) electrons. The Morgan fingerprint density at radius 1 is 1.12 bits per heavy atom. The van der Waals surface area contributed by atoms with E-state index in [1.807, 2.05) is 6.07 Å². The lowest BCUT2D eigenvalue weighted by Crippen LogP contribution is -2.50. The second kappa shape index (κ2) is 12.2. The molecule has 0 aliphatic carbocycles. The summed E-state index contributed by atoms with van der Waals surface area (Å²) < 4.78 is 5.37. The third-order valence-electron chi connectivity index (χ3n) is 5.89. The molecular weight excluding hydrogens is 554 g/mol. The quantitative estimate of drug-likeness (QED) is 0.439. The number of halogens is 1. The maximum absolute atomic E-state index is 13.8. The first-order valence-electron chi connectivity index (χ1n) is 12.5. The number of hydrazine groups is 1. The number of alkyl carbamates (subject to hydrolysis) is 1. The third-order valence-corrected chi connectivity index (χ3v) is 7.28. The fraction of sp³-hybridized carbons (Fsp3) is 0.393. The van der Waals surface area contributed by atoms with E-state index in [9.17, 15) is 19.2 Å². The van der Waals surface area contributed by atoms with Gasteiger partial charge in [-0.15, -0.1) is 11.8 Å². The maximum atomic E-state index is 13.8. The van der Waals surface area contributed by atoms with E-state index >= 15 is 0 Å². The highest BCUT2D eigenvalue weighted by Crippen LogP contribution is 2.37. The summed E-state index contributed by atoms with van der Waals surface area (Å²) in [4.78, 5) is 54.0. The van der Waals surface area contributed by atoms with Gasteiger partial charge >= 0.3 is 6.09 Å². The van der Waals surface area contributed by atoms with Gasteiger partial charge in [0.1, 0.15) is 17.1 Å². The van der Waals surface area contributed by atoms with Gasteiger partial charge in [0.15, 0.2) is 0 Å². The predicted octanol–water partition coefficient (Wildman–Crippen LogP) is 4.49. The number of nitriles is 1. The fourth-order valence-electron chi connectivity index (χ4n) is 3.67. The first kappa shape index (κ1) is 30.8. The molecule has 0 saturated heterocycles. The molecule has 4 amide bonds. The average Bonchev–Trinajstić information content (AvgIpc) is 2.98. The lowest BCUT2D eigenvalue weighted by molar-refractivity contribution is -0.127. The van der Waals surface area contributed by atoms with Crippen molar-refractivity contribution in [3.05, 3.63) is 58.1 Å². The van der Waals surface area contributed by atoms with E-state index in [0.29, 0.717) is 16.3 Å². The van der Waals surface area contributed by atoms with Crippen LogP contribution in [0.15, 0.2) is 41.3 Å². The van der Waals surface area contributed by atoms with Crippen molar-refractivity contribution in [2.75, 3.05) is 10.7 Å². The molecule has 1 aliphatic rings. The van der Waals surface area contributed by atoms with Gasteiger partial charge in [-0.1, -0.05) is 23.7 Å². The van der Waals surface area contributed by atoms with Crippen molar-refractivity contribution < 1.29 is 23.9 Å². The zero-order valence-electron chi connectivity index (χ0n) is 23.2. The minimum Gasteiger partial charge on any atom is -0.444 e. The molecule has 2 aromatic carbocycles. The van der Waals surface area contributed by atoms with E-state index in [0.717, 1.165) is 10.5 Å². The molecule has 40 heavy (non-hydrogen) atoms. The van der Waals surface area contributed by atoms with Crippen LogP contribution in [0, 0.1) is 23.7 Å². The van der Waals surface area contributed by atoms with Gasteiger partial charge in [0.05, 0.1) is 18.3 Å². The summed E-state index contributed by atoms with van der Waals surface area (Å²) >= 11 is 7.41. The number of aryl methyl sites for hydroxylation is 1. The first-order valence-corrected chi connectivity index (χ1v) is 13.8. The smallest absolute Gasteiger partial charge is 0.408 e. The van der Waals surface area contributed by atoms with Crippen LogP contribution in [0.5, 0.6) is 0 Å². The summed E-state index contributed by atoms with van der Waals surface area (Å²) in [5, 5.41) is 12.4. The molecule has 2 aromatic rings. The fourth-order valence-corrected chi connectivity index (χ4v) is 4.94. The minimum absolute atomic E-state index is 0.146. The average molecular weight is 586 g/mol. The Morgan fingerprint density at radius 3 is 2.38 bits per heavy atom. The van der Waals surface area contributed by atoms with Crippen molar-refractivity contribution in [3.8, 4) is 6.07 Å². The van der Waals surface area contributed by atoms with Crippen molar-refractivity contribution in [3.63, 3.8) is 0 Å². The summed E-state index contributed by atoms with van der Waals surface area (Å²) in [7, 11) is 0. The summed E-state index contributed by atoms with van der Waals surface area (Å²) in [6.45, 7) is 9.95. The number of nitrogens with one attached hydrogen (secondary N) is 3. The standard InChI is InChI=1S/C28H32ClN5O5S/c1-16-11-22-21(12-19(16)23(35)32-33-25(37)28(5,6)15-30)34(13-17-7-9-18(29)10-8-17)24(36)20(14-40-22)31-26(38)39-27(2,3)4/h7-12,20H,13-14H2,1-6H3,(H,31,38)(H,32,35)(H,33,37)/t20-/m0/s1. The molecular formula is C28H32ClN5O5S. The molecule has 0 aromatic heterocycles. The van der Waals surface area contributed by atoms with E-state index in [1.54, 1.807) is 64.1 Å². The number of fused-ring (bicyclic) bond motifs is 1. The highest BCUT2D eigenvalue weighted by molar-refractivity contribution is 7.99. The minimum atomic E-state index is -1.34. The highest BCUT2D eigenvalue weighted by Gasteiger charge is 2.34. The van der Waals surface area contributed by atoms with Crippen LogP contribution < -0.4 is 21.1 Å². The molecule has 0 fully saturated rings. The number of nitrogens with zero attached hydrogens (tertiary/aromatic N) is 2. The maximum Gasteiger partial charge on any atom is 0.408 e. The van der Waals surface area contributed by atoms with E-state index in [2.05, 4.69) is 16.2 Å². The van der Waals surface area contributed by atoms with Gasteiger partial charge in [-0.3, -0.25) is 25.2 Å². The first-order chi connectivity index (χ1) is 18.6. The summed E-state index contributed by atoms with van der Waals surface area (Å²) in [5.74, 6) is -1.42. The number of carbonyl (C=O) groups excluding carboxylic acids is 4. The Kier molecular flexibility index (Phi) is 9.38. The monoisotopic (exact) mass is 585 g/mol. The Morgan fingerprint density at radius 2 is 1.77 bits per heavy atom. The highest BCUT2D eigenvalue weighted by atomic mass is 35.5. The topological polar surface area (TPSA) is 141 Å². The van der Waals surface area contributed by atoms with E-state index in [4.69, 9.17) is 21.6 Å². The van der Waals surface area contributed by atoms with E-state index < -0.39 is 35.0 Å². The number of thioether (sulfide) groups is 1. The van der Waals surface area contributed by atoms with Crippen LogP contribution in [0.25, 0.3) is 0 Å². The molecule has 10 nitrogen and oxygen atoms in total. The number of rotatable bonds is 5. The molecule has 0 saturated carbocycles. The number of hydrogen-bond donors (Lipinski definition) is 3. The molecule has 1 atom stereocenters. The van der Waals surface area contributed by atoms with Crippen LogP contribution in [0.3, 0.4) is 0 Å². The molecule has 0 bridgehead atoms. The summed E-state index contributed by atoms with van der Waals surface area (Å²) in [5.41, 5.74) is 4.63. The number of carbonyl (C=O) groups is 4. The number of hydrogen-bond acceptors (Lipinski definition) is 7. The number of anilines is 1. The molecule has 1 aliphatic heterocycles. The van der Waals surface area contributed by atoms with Gasteiger partial charge in [0.2, 0.25) is 0 Å². The van der Waals surface area contributed by atoms with Crippen molar-refractivity contribution >= 4 is 52.9 Å². The van der Waals surface area contributed by atoms with Crippen LogP contribution in [0.1, 0.15) is 56.1 Å². The SMILES string of the molecule is Cc1cc2c(cc1C(=O)NNC(=O)C(C)(C)C#N)N(Cc1ccc(Cl)cc1)C(=O)[C@@H](NC(=O)OC(C)(C)C)CS2. The largest absolute Gasteiger partial charge is 0.444 e. The molecule has 212 valence electrons. The van der Waals surface area contributed by atoms with Crippen molar-refractivity contribution in [1.29, 1.82) is 5.26 Å². The van der Waals surface area contributed by atoms with Gasteiger partial charge in [-0.25, -0.2) is 4.79 Å². The van der Waals surface area contributed by atoms with Gasteiger partial charge in [0, 0.05) is 21.2 Å². The van der Waals surface area contributed by atoms with Crippen molar-refractivity contribution in [1.82, 2.24) is 16.2 Å². The second-order valence-corrected chi connectivity index (χ2v) is 12.3. The summed E-state index contributed by atoms with van der Waals surface area (Å²) in [6.07, 6.45) is -0.712.